The molecule has 3 unspecified atom stereocenters. The van der Waals surface area contributed by atoms with Crippen LogP contribution in [-0.2, 0) is 9.47 Å². The van der Waals surface area contributed by atoms with E-state index < -0.39 is 0 Å². The Bertz CT molecular complexity index is 197. The van der Waals surface area contributed by atoms with E-state index in [0.717, 1.165) is 19.4 Å². The van der Waals surface area contributed by atoms with Crippen LogP contribution in [0.2, 0.25) is 0 Å². The van der Waals surface area contributed by atoms with Gasteiger partial charge >= 0.3 is 0 Å². The average Bonchev–Trinajstić information content (AvgIpc) is 2.34. The van der Waals surface area contributed by atoms with Crippen molar-refractivity contribution in [1.29, 1.82) is 0 Å². The van der Waals surface area contributed by atoms with Gasteiger partial charge in [0.25, 0.3) is 0 Å². The summed E-state index contributed by atoms with van der Waals surface area (Å²) in [7, 11) is 1.81. The normalized spacial score (nSPS) is 27.4. The molecule has 1 N–H and O–H groups in total. The summed E-state index contributed by atoms with van der Waals surface area (Å²) in [5.41, 5.74) is 0. The van der Waals surface area contributed by atoms with Gasteiger partial charge in [0.15, 0.2) is 0 Å². The molecule has 0 bridgehead atoms. The molecule has 1 fully saturated rings. The molecule has 0 heterocycles. The zero-order chi connectivity index (χ0) is 12.7. The van der Waals surface area contributed by atoms with Crippen LogP contribution >= 0.6 is 0 Å². The van der Waals surface area contributed by atoms with Gasteiger partial charge in [-0.1, -0.05) is 20.8 Å². The second kappa shape index (κ2) is 8.06. The third-order valence-electron chi connectivity index (χ3n) is 3.51. The average molecular weight is 243 g/mol. The minimum absolute atomic E-state index is 0.345. The van der Waals surface area contributed by atoms with Crippen LogP contribution in [-0.4, -0.2) is 38.0 Å². The number of nitrogens with one attached hydrogen (secondary N) is 1. The molecule has 1 saturated carbocycles. The first-order chi connectivity index (χ1) is 8.15. The predicted molar refractivity (Wildman–Crippen MR) is 71.4 cm³/mol. The minimum atomic E-state index is 0.345. The maximum absolute atomic E-state index is 6.18. The lowest BCUT2D eigenvalue weighted by Crippen LogP contribution is -2.37. The van der Waals surface area contributed by atoms with Crippen LogP contribution < -0.4 is 5.32 Å². The Kier molecular flexibility index (Phi) is 7.09. The number of hydrogen-bond acceptors (Lipinski definition) is 3. The van der Waals surface area contributed by atoms with E-state index in [1.807, 2.05) is 7.11 Å². The highest BCUT2D eigenvalue weighted by Gasteiger charge is 2.24. The van der Waals surface area contributed by atoms with Crippen LogP contribution in [0.5, 0.6) is 0 Å². The molecule has 1 aliphatic carbocycles. The van der Waals surface area contributed by atoms with Crippen molar-refractivity contribution in [2.45, 2.75) is 77.2 Å². The highest BCUT2D eigenvalue weighted by Crippen LogP contribution is 2.24. The maximum Gasteiger partial charge on any atom is 0.0700 e. The lowest BCUT2D eigenvalue weighted by atomic mass is 9.94. The lowest BCUT2D eigenvalue weighted by molar-refractivity contribution is -0.0653. The van der Waals surface area contributed by atoms with Crippen LogP contribution in [0.3, 0.4) is 0 Å². The standard InChI is InChI=1S/C14H29NO2/c1-5-12(10-15-11(2)3)17-14-8-6-7-13(9-14)16-4/h11-15H,5-10H2,1-4H3. The minimum Gasteiger partial charge on any atom is -0.381 e. The Hall–Kier alpha value is -0.120. The molecule has 0 saturated heterocycles. The monoisotopic (exact) mass is 243 g/mol. The van der Waals surface area contributed by atoms with Gasteiger partial charge < -0.3 is 14.8 Å². The van der Waals surface area contributed by atoms with Crippen molar-refractivity contribution in [1.82, 2.24) is 5.32 Å². The Balaban J connectivity index is 2.28. The van der Waals surface area contributed by atoms with Crippen molar-refractivity contribution in [3.8, 4) is 0 Å². The molecular weight excluding hydrogens is 214 g/mol. The van der Waals surface area contributed by atoms with E-state index in [-0.39, 0.29) is 0 Å². The zero-order valence-electron chi connectivity index (χ0n) is 11.9. The van der Waals surface area contributed by atoms with Gasteiger partial charge in [0, 0.05) is 19.7 Å². The Labute approximate surface area is 106 Å². The summed E-state index contributed by atoms with van der Waals surface area (Å²) in [4.78, 5) is 0. The van der Waals surface area contributed by atoms with E-state index in [0.29, 0.717) is 24.4 Å². The van der Waals surface area contributed by atoms with E-state index >= 15 is 0 Å². The third-order valence-corrected chi connectivity index (χ3v) is 3.51. The largest absolute Gasteiger partial charge is 0.381 e. The second-order valence-corrected chi connectivity index (χ2v) is 5.38. The van der Waals surface area contributed by atoms with Crippen LogP contribution in [0, 0.1) is 0 Å². The Morgan fingerprint density at radius 2 is 1.94 bits per heavy atom. The summed E-state index contributed by atoms with van der Waals surface area (Å²) >= 11 is 0. The van der Waals surface area contributed by atoms with Crippen molar-refractivity contribution < 1.29 is 9.47 Å². The molecule has 3 nitrogen and oxygen atoms in total. The number of rotatable bonds is 7. The molecule has 0 radical (unpaired) electrons. The fourth-order valence-corrected chi connectivity index (χ4v) is 2.37. The molecule has 3 heteroatoms. The van der Waals surface area contributed by atoms with E-state index in [1.54, 1.807) is 0 Å². The van der Waals surface area contributed by atoms with Crippen molar-refractivity contribution >= 4 is 0 Å². The van der Waals surface area contributed by atoms with Crippen LogP contribution in [0.15, 0.2) is 0 Å². The highest BCUT2D eigenvalue weighted by atomic mass is 16.5. The third kappa shape index (κ3) is 5.84. The molecule has 1 aliphatic rings. The second-order valence-electron chi connectivity index (χ2n) is 5.38. The van der Waals surface area contributed by atoms with Gasteiger partial charge in [-0.25, -0.2) is 0 Å². The van der Waals surface area contributed by atoms with Crippen molar-refractivity contribution in [2.75, 3.05) is 13.7 Å². The van der Waals surface area contributed by atoms with E-state index in [4.69, 9.17) is 9.47 Å². The predicted octanol–water partition coefficient (Wildman–Crippen LogP) is 2.74. The molecule has 102 valence electrons. The molecule has 0 aliphatic heterocycles. The summed E-state index contributed by atoms with van der Waals surface area (Å²) in [6, 6.07) is 0.533. The lowest BCUT2D eigenvalue weighted by Gasteiger charge is -2.31. The zero-order valence-corrected chi connectivity index (χ0v) is 11.9. The Morgan fingerprint density at radius 1 is 1.24 bits per heavy atom. The molecule has 0 amide bonds. The van der Waals surface area contributed by atoms with Crippen molar-refractivity contribution in [3.05, 3.63) is 0 Å². The first-order valence-electron chi connectivity index (χ1n) is 7.07. The number of hydrogen-bond donors (Lipinski definition) is 1. The molecule has 0 aromatic rings. The van der Waals surface area contributed by atoms with E-state index in [1.165, 1.54) is 19.3 Å². The summed E-state index contributed by atoms with van der Waals surface area (Å²) < 4.78 is 11.6. The van der Waals surface area contributed by atoms with Gasteiger partial charge in [0.2, 0.25) is 0 Å². The molecular formula is C14H29NO2. The van der Waals surface area contributed by atoms with Crippen molar-refractivity contribution in [2.24, 2.45) is 0 Å². The first kappa shape index (κ1) is 14.9. The quantitative estimate of drug-likeness (QED) is 0.746. The molecule has 1 rings (SSSR count). The molecule has 0 aromatic carbocycles. The van der Waals surface area contributed by atoms with Crippen LogP contribution in [0.25, 0.3) is 0 Å². The van der Waals surface area contributed by atoms with E-state index in [9.17, 15) is 0 Å². The molecule has 3 atom stereocenters. The fourth-order valence-electron chi connectivity index (χ4n) is 2.37. The topological polar surface area (TPSA) is 30.5 Å². The van der Waals surface area contributed by atoms with Crippen LogP contribution in [0.1, 0.15) is 52.9 Å². The number of ether oxygens (including phenoxy) is 2. The summed E-state index contributed by atoms with van der Waals surface area (Å²) in [5.74, 6) is 0. The van der Waals surface area contributed by atoms with Crippen molar-refractivity contribution in [3.63, 3.8) is 0 Å². The smallest absolute Gasteiger partial charge is 0.0700 e. The molecule has 17 heavy (non-hydrogen) atoms. The van der Waals surface area contributed by atoms with Gasteiger partial charge in [-0.2, -0.15) is 0 Å². The van der Waals surface area contributed by atoms with Gasteiger partial charge in [0.1, 0.15) is 0 Å². The molecule has 0 aromatic heterocycles. The molecule has 0 spiro atoms. The van der Waals surface area contributed by atoms with Gasteiger partial charge in [-0.05, 0) is 32.1 Å². The summed E-state index contributed by atoms with van der Waals surface area (Å²) in [5, 5.41) is 3.46. The van der Waals surface area contributed by atoms with Crippen LogP contribution in [0.4, 0.5) is 0 Å². The fraction of sp³-hybridized carbons (Fsp3) is 1.00. The van der Waals surface area contributed by atoms with Gasteiger partial charge in [0.05, 0.1) is 18.3 Å². The SMILES string of the molecule is CCC(CNC(C)C)OC1CCCC(OC)C1. The summed E-state index contributed by atoms with van der Waals surface area (Å²) in [6.45, 7) is 7.51. The maximum atomic E-state index is 6.18. The Morgan fingerprint density at radius 3 is 2.53 bits per heavy atom. The first-order valence-corrected chi connectivity index (χ1v) is 7.07. The van der Waals surface area contributed by atoms with Gasteiger partial charge in [-0.3, -0.25) is 0 Å². The summed E-state index contributed by atoms with van der Waals surface area (Å²) in [6.07, 6.45) is 6.91. The van der Waals surface area contributed by atoms with Gasteiger partial charge in [-0.15, -0.1) is 0 Å². The highest BCUT2D eigenvalue weighted by molar-refractivity contribution is 4.75. The van der Waals surface area contributed by atoms with E-state index in [2.05, 4.69) is 26.1 Å². The number of methoxy groups -OCH3 is 1.